The Morgan fingerprint density at radius 2 is 2.05 bits per heavy atom. The van der Waals surface area contributed by atoms with Gasteiger partial charge in [-0.1, -0.05) is 0 Å². The second-order valence-corrected chi connectivity index (χ2v) is 4.94. The Morgan fingerprint density at radius 3 is 2.73 bits per heavy atom. The first-order valence-corrected chi connectivity index (χ1v) is 6.70. The van der Waals surface area contributed by atoms with Crippen LogP contribution in [0.15, 0.2) is 30.5 Å². The van der Waals surface area contributed by atoms with E-state index in [1.807, 2.05) is 0 Å². The Balaban J connectivity index is 1.83. The molecule has 1 aromatic carbocycles. The number of aryl methyl sites for hydroxylation is 1. The first-order chi connectivity index (χ1) is 10.4. The molecule has 0 aliphatic carbocycles. The van der Waals surface area contributed by atoms with Crippen molar-refractivity contribution in [1.82, 2.24) is 4.98 Å². The smallest absolute Gasteiger partial charge is 0.417 e. The van der Waals surface area contributed by atoms with Crippen LogP contribution in [0, 0.1) is 0 Å². The number of nitrogen functional groups attached to an aromatic ring is 1. The highest BCUT2D eigenvalue weighted by atomic mass is 19.4. The van der Waals surface area contributed by atoms with Gasteiger partial charge in [-0.3, -0.25) is 0 Å². The Labute approximate surface area is 124 Å². The van der Waals surface area contributed by atoms with Crippen LogP contribution in [-0.2, 0) is 12.6 Å². The molecule has 2 heterocycles. The maximum atomic E-state index is 12.5. The molecule has 2 N–H and O–H groups in total. The Kier molecular flexibility index (Phi) is 3.56. The number of hydrogen-bond donors (Lipinski definition) is 1. The van der Waals surface area contributed by atoms with Gasteiger partial charge in [0.15, 0.2) is 0 Å². The second-order valence-electron chi connectivity index (χ2n) is 4.94. The number of ether oxygens (including phenoxy) is 2. The van der Waals surface area contributed by atoms with Crippen molar-refractivity contribution in [2.75, 3.05) is 12.3 Å². The highest BCUT2D eigenvalue weighted by Gasteiger charge is 2.30. The van der Waals surface area contributed by atoms with E-state index in [1.165, 1.54) is 6.07 Å². The average Bonchev–Trinajstić information content (AvgIpc) is 2.47. The number of hydrogen-bond acceptors (Lipinski definition) is 4. The van der Waals surface area contributed by atoms with Crippen molar-refractivity contribution in [3.8, 4) is 17.4 Å². The molecule has 0 bridgehead atoms. The Hall–Kier alpha value is -2.44. The molecule has 2 aromatic rings. The molecule has 1 aliphatic rings. The fraction of sp³-hybridized carbons (Fsp3) is 0.267. The van der Waals surface area contributed by atoms with Gasteiger partial charge < -0.3 is 15.2 Å². The summed E-state index contributed by atoms with van der Waals surface area (Å²) in [6, 6.07) is 5.44. The van der Waals surface area contributed by atoms with Crippen LogP contribution in [0.3, 0.4) is 0 Å². The zero-order valence-electron chi connectivity index (χ0n) is 11.5. The van der Waals surface area contributed by atoms with Gasteiger partial charge in [0, 0.05) is 23.9 Å². The molecule has 0 atom stereocenters. The van der Waals surface area contributed by atoms with Gasteiger partial charge in [-0.15, -0.1) is 0 Å². The van der Waals surface area contributed by atoms with Crippen LogP contribution in [-0.4, -0.2) is 11.6 Å². The molecule has 0 saturated heterocycles. The summed E-state index contributed by atoms with van der Waals surface area (Å²) in [7, 11) is 0. The summed E-state index contributed by atoms with van der Waals surface area (Å²) in [5.74, 6) is 1.15. The summed E-state index contributed by atoms with van der Waals surface area (Å²) < 4.78 is 48.4. The molecule has 0 radical (unpaired) electrons. The zero-order valence-corrected chi connectivity index (χ0v) is 11.5. The number of aromatic nitrogens is 1. The first-order valence-electron chi connectivity index (χ1n) is 6.70. The third-order valence-electron chi connectivity index (χ3n) is 3.29. The van der Waals surface area contributed by atoms with Crippen molar-refractivity contribution in [2.24, 2.45) is 0 Å². The average molecular weight is 310 g/mol. The third-order valence-corrected chi connectivity index (χ3v) is 3.29. The number of halogens is 3. The van der Waals surface area contributed by atoms with Crippen LogP contribution in [0.4, 0.5) is 18.9 Å². The largest absolute Gasteiger partial charge is 0.491 e. The predicted octanol–water partition coefficient (Wildman–Crippen LogP) is 3.80. The van der Waals surface area contributed by atoms with Gasteiger partial charge in [0.05, 0.1) is 17.9 Å². The number of pyridine rings is 1. The van der Waals surface area contributed by atoms with Crippen LogP contribution in [0.25, 0.3) is 0 Å². The van der Waals surface area contributed by atoms with Gasteiger partial charge in [-0.2, -0.15) is 13.2 Å². The topological polar surface area (TPSA) is 57.4 Å². The highest BCUT2D eigenvalue weighted by molar-refractivity contribution is 5.61. The van der Waals surface area contributed by atoms with E-state index < -0.39 is 11.7 Å². The molecule has 0 amide bonds. The molecule has 7 heteroatoms. The van der Waals surface area contributed by atoms with E-state index in [0.717, 1.165) is 30.7 Å². The molecule has 1 aliphatic heterocycles. The monoisotopic (exact) mass is 310 g/mol. The molecule has 0 spiro atoms. The number of fused-ring (bicyclic) bond motifs is 1. The lowest BCUT2D eigenvalue weighted by Crippen LogP contribution is -2.10. The van der Waals surface area contributed by atoms with Crippen LogP contribution < -0.4 is 15.2 Å². The Bertz CT molecular complexity index is 684. The molecule has 116 valence electrons. The molecule has 1 aromatic heterocycles. The third kappa shape index (κ3) is 2.93. The quantitative estimate of drug-likeness (QED) is 0.857. The molecular formula is C15H13F3N2O2. The minimum absolute atomic E-state index is 0.0732. The molecule has 4 nitrogen and oxygen atoms in total. The summed E-state index contributed by atoms with van der Waals surface area (Å²) in [5, 5.41) is 0. The minimum atomic E-state index is -4.42. The number of rotatable bonds is 2. The summed E-state index contributed by atoms with van der Waals surface area (Å²) >= 11 is 0. The lowest BCUT2D eigenvalue weighted by Gasteiger charge is -2.20. The predicted molar refractivity (Wildman–Crippen MR) is 74.0 cm³/mol. The molecule has 0 unspecified atom stereocenters. The van der Waals surface area contributed by atoms with E-state index >= 15 is 0 Å². The zero-order chi connectivity index (χ0) is 15.7. The Morgan fingerprint density at radius 1 is 1.23 bits per heavy atom. The standard InChI is InChI=1S/C15H13F3N2O2/c16-15(17,18)10-3-4-13(20-8-10)22-11-6-9-2-1-5-21-14(9)12(19)7-11/h3-4,6-8H,1-2,5,19H2. The molecule has 0 fully saturated rings. The maximum Gasteiger partial charge on any atom is 0.417 e. The van der Waals surface area contributed by atoms with Crippen LogP contribution in [0.5, 0.6) is 17.4 Å². The van der Waals surface area contributed by atoms with Crippen molar-refractivity contribution in [1.29, 1.82) is 0 Å². The van der Waals surface area contributed by atoms with Gasteiger partial charge in [-0.05, 0) is 25.0 Å². The summed E-state index contributed by atoms with van der Waals surface area (Å²) in [4.78, 5) is 3.67. The number of alkyl halides is 3. The van der Waals surface area contributed by atoms with Crippen LogP contribution in [0.2, 0.25) is 0 Å². The number of benzene rings is 1. The lowest BCUT2D eigenvalue weighted by molar-refractivity contribution is -0.137. The number of anilines is 1. The van der Waals surface area contributed by atoms with Gasteiger partial charge in [0.25, 0.3) is 0 Å². The normalized spacial score (nSPS) is 14.1. The molecule has 0 saturated carbocycles. The fourth-order valence-electron chi connectivity index (χ4n) is 2.27. The molecular weight excluding hydrogens is 297 g/mol. The van der Waals surface area contributed by atoms with Gasteiger partial charge in [0.2, 0.25) is 5.88 Å². The lowest BCUT2D eigenvalue weighted by atomic mass is 10.0. The fourth-order valence-corrected chi connectivity index (χ4v) is 2.27. The van der Waals surface area contributed by atoms with Crippen molar-refractivity contribution in [3.63, 3.8) is 0 Å². The minimum Gasteiger partial charge on any atom is -0.491 e. The van der Waals surface area contributed by atoms with E-state index in [-0.39, 0.29) is 5.88 Å². The van der Waals surface area contributed by atoms with Crippen molar-refractivity contribution >= 4 is 5.69 Å². The van der Waals surface area contributed by atoms with Crippen molar-refractivity contribution in [2.45, 2.75) is 19.0 Å². The van der Waals surface area contributed by atoms with E-state index in [1.54, 1.807) is 12.1 Å². The van der Waals surface area contributed by atoms with E-state index in [4.69, 9.17) is 15.2 Å². The van der Waals surface area contributed by atoms with Crippen molar-refractivity contribution < 1.29 is 22.6 Å². The van der Waals surface area contributed by atoms with Crippen molar-refractivity contribution in [3.05, 3.63) is 41.6 Å². The molecule has 3 rings (SSSR count). The highest BCUT2D eigenvalue weighted by Crippen LogP contribution is 2.36. The SMILES string of the molecule is Nc1cc(Oc2ccc(C(F)(F)F)cn2)cc2c1OCCC2. The van der Waals surface area contributed by atoms with E-state index in [9.17, 15) is 13.2 Å². The van der Waals surface area contributed by atoms with Gasteiger partial charge in [0.1, 0.15) is 11.5 Å². The first kappa shape index (κ1) is 14.5. The van der Waals surface area contributed by atoms with E-state index in [2.05, 4.69) is 4.98 Å². The summed E-state index contributed by atoms with van der Waals surface area (Å²) in [5.41, 5.74) is 6.45. The molecule has 22 heavy (non-hydrogen) atoms. The summed E-state index contributed by atoms with van der Waals surface area (Å²) in [6.07, 6.45) is -1.98. The maximum absolute atomic E-state index is 12.5. The van der Waals surface area contributed by atoms with E-state index in [0.29, 0.717) is 23.8 Å². The number of nitrogens with zero attached hydrogens (tertiary/aromatic N) is 1. The van der Waals surface area contributed by atoms with Gasteiger partial charge >= 0.3 is 6.18 Å². The number of nitrogens with two attached hydrogens (primary N) is 1. The summed E-state index contributed by atoms with van der Waals surface area (Å²) in [6.45, 7) is 0.623. The second kappa shape index (κ2) is 5.40. The van der Waals surface area contributed by atoms with Crippen LogP contribution in [0.1, 0.15) is 17.5 Å². The van der Waals surface area contributed by atoms with Gasteiger partial charge in [-0.25, -0.2) is 4.98 Å². The van der Waals surface area contributed by atoms with Crippen LogP contribution >= 0.6 is 0 Å².